The number of aromatic hydroxyl groups is 2. The summed E-state index contributed by atoms with van der Waals surface area (Å²) in [5.41, 5.74) is 0.697. The third-order valence-corrected chi connectivity index (χ3v) is 1.52. The minimum absolute atomic E-state index is 0.0259. The van der Waals surface area contributed by atoms with E-state index in [9.17, 15) is 5.11 Å². The molecule has 4 nitrogen and oxygen atoms in total. The lowest BCUT2D eigenvalue weighted by molar-refractivity contribution is 0.318. The van der Waals surface area contributed by atoms with E-state index in [0.29, 0.717) is 11.3 Å². The molecule has 1 aromatic carbocycles. The Hall–Kier alpha value is -1.71. The van der Waals surface area contributed by atoms with Gasteiger partial charge in [-0.15, -0.1) is 0 Å². The van der Waals surface area contributed by atoms with Crippen molar-refractivity contribution < 1.29 is 15.4 Å². The van der Waals surface area contributed by atoms with Crippen LogP contribution < -0.4 is 0 Å². The zero-order valence-corrected chi connectivity index (χ0v) is 6.52. The van der Waals surface area contributed by atoms with Gasteiger partial charge < -0.3 is 15.4 Å². The highest BCUT2D eigenvalue weighted by atomic mass is 16.4. The summed E-state index contributed by atoms with van der Waals surface area (Å²) in [4.78, 5) is 0. The van der Waals surface area contributed by atoms with E-state index in [4.69, 9.17) is 10.3 Å². The smallest absolute Gasteiger partial charge is 0.128 e. The highest BCUT2D eigenvalue weighted by Crippen LogP contribution is 2.22. The predicted molar refractivity (Wildman–Crippen MR) is 43.8 cm³/mol. The van der Waals surface area contributed by atoms with Gasteiger partial charge in [-0.05, 0) is 19.1 Å². The van der Waals surface area contributed by atoms with Gasteiger partial charge in [0.2, 0.25) is 0 Å². The van der Waals surface area contributed by atoms with Crippen molar-refractivity contribution in [3.05, 3.63) is 23.8 Å². The van der Waals surface area contributed by atoms with Crippen LogP contribution in [0.15, 0.2) is 23.4 Å². The molecule has 0 bridgehead atoms. The molecule has 0 unspecified atom stereocenters. The largest absolute Gasteiger partial charge is 0.508 e. The molecule has 1 rings (SSSR count). The molecule has 0 aliphatic rings. The summed E-state index contributed by atoms with van der Waals surface area (Å²) in [6.45, 7) is 1.55. The molecule has 0 radical (unpaired) electrons. The van der Waals surface area contributed by atoms with Crippen LogP contribution in [0.4, 0.5) is 0 Å². The highest BCUT2D eigenvalue weighted by molar-refractivity contribution is 6.00. The van der Waals surface area contributed by atoms with Crippen molar-refractivity contribution in [3.8, 4) is 11.5 Å². The fourth-order valence-corrected chi connectivity index (χ4v) is 0.880. The van der Waals surface area contributed by atoms with Crippen molar-refractivity contribution in [2.75, 3.05) is 0 Å². The van der Waals surface area contributed by atoms with Crippen molar-refractivity contribution in [2.45, 2.75) is 6.92 Å². The van der Waals surface area contributed by atoms with E-state index < -0.39 is 0 Å². The Kier molecular flexibility index (Phi) is 2.19. The first-order valence-corrected chi connectivity index (χ1v) is 3.36. The molecule has 4 heteroatoms. The first kappa shape index (κ1) is 8.39. The van der Waals surface area contributed by atoms with Crippen LogP contribution in [0.3, 0.4) is 0 Å². The molecule has 0 aliphatic carbocycles. The lowest BCUT2D eigenvalue weighted by Crippen LogP contribution is -1.94. The van der Waals surface area contributed by atoms with Gasteiger partial charge in [0.15, 0.2) is 0 Å². The zero-order valence-electron chi connectivity index (χ0n) is 6.52. The molecule has 3 N–H and O–H groups in total. The highest BCUT2D eigenvalue weighted by Gasteiger charge is 2.04. The molecule has 0 atom stereocenters. The minimum atomic E-state index is -0.106. The van der Waals surface area contributed by atoms with Crippen LogP contribution in [0.2, 0.25) is 0 Å². The first-order chi connectivity index (χ1) is 5.65. The number of phenols is 2. The maximum absolute atomic E-state index is 9.24. The van der Waals surface area contributed by atoms with Gasteiger partial charge in [0.05, 0.1) is 5.71 Å². The molecule has 64 valence electrons. The molecule has 0 amide bonds. The van der Waals surface area contributed by atoms with Crippen LogP contribution in [0.5, 0.6) is 11.5 Å². The van der Waals surface area contributed by atoms with Crippen LogP contribution in [0.25, 0.3) is 0 Å². The Labute approximate surface area is 69.4 Å². The summed E-state index contributed by atoms with van der Waals surface area (Å²) >= 11 is 0. The van der Waals surface area contributed by atoms with E-state index in [1.807, 2.05) is 0 Å². The van der Waals surface area contributed by atoms with Gasteiger partial charge in [-0.2, -0.15) is 0 Å². The molecule has 12 heavy (non-hydrogen) atoms. The Morgan fingerprint density at radius 2 is 2.00 bits per heavy atom. The van der Waals surface area contributed by atoms with E-state index >= 15 is 0 Å². The van der Waals surface area contributed by atoms with Crippen molar-refractivity contribution >= 4 is 5.71 Å². The van der Waals surface area contributed by atoms with Crippen molar-refractivity contribution in [2.24, 2.45) is 5.16 Å². The molecule has 0 saturated carbocycles. The third-order valence-electron chi connectivity index (χ3n) is 1.52. The second-order valence-corrected chi connectivity index (χ2v) is 2.39. The second kappa shape index (κ2) is 3.13. The van der Waals surface area contributed by atoms with Crippen LogP contribution in [-0.4, -0.2) is 21.1 Å². The first-order valence-electron chi connectivity index (χ1n) is 3.36. The molecule has 0 fully saturated rings. The summed E-state index contributed by atoms with van der Waals surface area (Å²) in [6.07, 6.45) is 0. The Bertz CT molecular complexity index is 320. The number of oxime groups is 1. The Morgan fingerprint density at radius 1 is 1.33 bits per heavy atom. The maximum Gasteiger partial charge on any atom is 0.128 e. The number of hydrogen-bond acceptors (Lipinski definition) is 4. The van der Waals surface area contributed by atoms with Gasteiger partial charge in [0.25, 0.3) is 0 Å². The summed E-state index contributed by atoms with van der Waals surface area (Å²) in [7, 11) is 0. The summed E-state index contributed by atoms with van der Waals surface area (Å²) < 4.78 is 0. The van der Waals surface area contributed by atoms with Crippen LogP contribution in [-0.2, 0) is 0 Å². The lowest BCUT2D eigenvalue weighted by atomic mass is 10.1. The minimum Gasteiger partial charge on any atom is -0.508 e. The second-order valence-electron chi connectivity index (χ2n) is 2.39. The molecule has 0 spiro atoms. The van der Waals surface area contributed by atoms with Gasteiger partial charge in [0.1, 0.15) is 11.5 Å². The Morgan fingerprint density at radius 3 is 2.50 bits per heavy atom. The predicted octanol–water partition coefficient (Wildman–Crippen LogP) is 1.30. The zero-order chi connectivity index (χ0) is 9.14. The number of benzene rings is 1. The number of rotatable bonds is 1. The van der Waals surface area contributed by atoms with E-state index in [2.05, 4.69) is 5.16 Å². The van der Waals surface area contributed by atoms with Crippen LogP contribution in [0, 0.1) is 0 Å². The topological polar surface area (TPSA) is 73.1 Å². The van der Waals surface area contributed by atoms with E-state index in [0.717, 1.165) is 0 Å². The summed E-state index contributed by atoms with van der Waals surface area (Å²) in [5.74, 6) is -0.132. The average molecular weight is 167 g/mol. The van der Waals surface area contributed by atoms with Gasteiger partial charge in [-0.25, -0.2) is 0 Å². The SMILES string of the molecule is C/C(=N/O)c1ccc(O)cc1O. The lowest BCUT2D eigenvalue weighted by Gasteiger charge is -2.01. The standard InChI is InChI=1S/C8H9NO3/c1-5(9-12)7-3-2-6(10)4-8(7)11/h2-4,10-12H,1H3/b9-5-. The van der Waals surface area contributed by atoms with Crippen molar-refractivity contribution in [1.82, 2.24) is 0 Å². The quantitative estimate of drug-likeness (QED) is 0.335. The molecule has 0 aromatic heterocycles. The van der Waals surface area contributed by atoms with E-state index in [-0.39, 0.29) is 11.5 Å². The fourth-order valence-electron chi connectivity index (χ4n) is 0.880. The van der Waals surface area contributed by atoms with Crippen LogP contribution in [0.1, 0.15) is 12.5 Å². The number of hydrogen-bond donors (Lipinski definition) is 3. The Balaban J connectivity index is 3.18. The van der Waals surface area contributed by atoms with Gasteiger partial charge in [-0.3, -0.25) is 0 Å². The summed E-state index contributed by atoms with van der Waals surface area (Å²) in [6, 6.07) is 4.06. The molecule has 0 heterocycles. The van der Waals surface area contributed by atoms with Gasteiger partial charge in [-0.1, -0.05) is 5.16 Å². The molecule has 1 aromatic rings. The summed E-state index contributed by atoms with van der Waals surface area (Å²) in [5, 5.41) is 29.5. The van der Waals surface area contributed by atoms with Crippen molar-refractivity contribution in [3.63, 3.8) is 0 Å². The molecule has 0 aliphatic heterocycles. The molecule has 0 saturated heterocycles. The number of nitrogens with zero attached hydrogens (tertiary/aromatic N) is 1. The maximum atomic E-state index is 9.24. The van der Waals surface area contributed by atoms with Crippen molar-refractivity contribution in [1.29, 1.82) is 0 Å². The van der Waals surface area contributed by atoms with E-state index in [1.54, 1.807) is 6.92 Å². The van der Waals surface area contributed by atoms with E-state index in [1.165, 1.54) is 18.2 Å². The molecular weight excluding hydrogens is 158 g/mol. The monoisotopic (exact) mass is 167 g/mol. The average Bonchev–Trinajstić information content (AvgIpc) is 2.03. The fraction of sp³-hybridized carbons (Fsp3) is 0.125. The molecular formula is C8H9NO3. The third kappa shape index (κ3) is 1.47. The normalized spacial score (nSPS) is 11.6. The van der Waals surface area contributed by atoms with Crippen LogP contribution >= 0.6 is 0 Å². The van der Waals surface area contributed by atoms with Gasteiger partial charge in [0, 0.05) is 11.6 Å². The number of phenolic OH excluding ortho intramolecular Hbond substituents is 2. The van der Waals surface area contributed by atoms with Gasteiger partial charge >= 0.3 is 0 Å².